The molecule has 0 bridgehead atoms. The summed E-state index contributed by atoms with van der Waals surface area (Å²) in [5.74, 6) is -0.307. The van der Waals surface area contributed by atoms with E-state index in [9.17, 15) is 4.79 Å². The normalized spacial score (nSPS) is 9.63. The van der Waals surface area contributed by atoms with Gasteiger partial charge in [0.2, 0.25) is 0 Å². The molecule has 0 radical (unpaired) electrons. The van der Waals surface area contributed by atoms with Crippen molar-refractivity contribution >= 4 is 11.8 Å². The highest BCUT2D eigenvalue weighted by Gasteiger charge is 2.03. The highest BCUT2D eigenvalue weighted by molar-refractivity contribution is 5.87. The predicted octanol–water partition coefficient (Wildman–Crippen LogP) is 2.26. The van der Waals surface area contributed by atoms with Crippen molar-refractivity contribution in [1.29, 1.82) is 5.26 Å². The Morgan fingerprint density at radius 1 is 1.37 bits per heavy atom. The molecule has 1 aromatic carbocycles. The Morgan fingerprint density at radius 3 is 2.84 bits per heavy atom. The maximum Gasteiger partial charge on any atom is 0.335 e. The lowest BCUT2D eigenvalue weighted by Gasteiger charge is -2.06. The van der Waals surface area contributed by atoms with Gasteiger partial charge in [-0.3, -0.25) is 0 Å². The van der Waals surface area contributed by atoms with Gasteiger partial charge in [-0.1, -0.05) is 12.1 Å². The van der Waals surface area contributed by atoms with Gasteiger partial charge < -0.3 is 10.4 Å². The Kier molecular flexibility index (Phi) is 3.74. The Labute approximate surface area is 110 Å². The first-order chi connectivity index (χ1) is 9.19. The third-order valence-electron chi connectivity index (χ3n) is 2.54. The van der Waals surface area contributed by atoms with Gasteiger partial charge in [0.05, 0.1) is 11.1 Å². The van der Waals surface area contributed by atoms with Crippen LogP contribution >= 0.6 is 0 Å². The summed E-state index contributed by atoms with van der Waals surface area (Å²) in [6.45, 7) is 0.472. The molecule has 5 nitrogen and oxygen atoms in total. The van der Waals surface area contributed by atoms with Crippen LogP contribution in [0, 0.1) is 11.3 Å². The summed E-state index contributed by atoms with van der Waals surface area (Å²) in [5, 5.41) is 20.6. The Balaban J connectivity index is 2.03. The van der Waals surface area contributed by atoms with E-state index in [2.05, 4.69) is 10.3 Å². The number of aromatic nitrogens is 1. The Hall–Kier alpha value is -2.87. The van der Waals surface area contributed by atoms with Crippen LogP contribution in [0.25, 0.3) is 0 Å². The van der Waals surface area contributed by atoms with Crippen molar-refractivity contribution in [2.45, 2.75) is 6.54 Å². The molecule has 0 aliphatic heterocycles. The third-order valence-corrected chi connectivity index (χ3v) is 2.54. The highest BCUT2D eigenvalue weighted by Crippen LogP contribution is 2.09. The summed E-state index contributed by atoms with van der Waals surface area (Å²) >= 11 is 0. The van der Waals surface area contributed by atoms with Crippen molar-refractivity contribution in [2.75, 3.05) is 5.32 Å². The lowest BCUT2D eigenvalue weighted by molar-refractivity contribution is 0.0697. The fourth-order valence-corrected chi connectivity index (χ4v) is 1.57. The summed E-state index contributed by atoms with van der Waals surface area (Å²) in [4.78, 5) is 14.9. The van der Waals surface area contributed by atoms with Crippen molar-refractivity contribution in [3.05, 3.63) is 59.3 Å². The van der Waals surface area contributed by atoms with E-state index in [1.54, 1.807) is 30.3 Å². The van der Waals surface area contributed by atoms with Crippen LogP contribution in [0.2, 0.25) is 0 Å². The molecule has 0 aliphatic rings. The Morgan fingerprint density at radius 2 is 2.21 bits per heavy atom. The number of carboxylic acid groups (broad SMARTS) is 1. The minimum atomic E-state index is -0.946. The fourth-order valence-electron chi connectivity index (χ4n) is 1.57. The summed E-state index contributed by atoms with van der Waals surface area (Å²) in [7, 11) is 0. The van der Waals surface area contributed by atoms with E-state index in [1.807, 2.05) is 12.1 Å². The minimum absolute atomic E-state index is 0.257. The van der Waals surface area contributed by atoms with Crippen LogP contribution in [0.4, 0.5) is 5.82 Å². The molecular formula is C14H11N3O2. The number of rotatable bonds is 4. The quantitative estimate of drug-likeness (QED) is 0.872. The van der Waals surface area contributed by atoms with Gasteiger partial charge in [-0.05, 0) is 29.8 Å². The number of anilines is 1. The van der Waals surface area contributed by atoms with Crippen LogP contribution in [-0.4, -0.2) is 16.1 Å². The minimum Gasteiger partial charge on any atom is -0.478 e. The number of nitrogens with zero attached hydrogens (tertiary/aromatic N) is 2. The largest absolute Gasteiger partial charge is 0.478 e. The predicted molar refractivity (Wildman–Crippen MR) is 69.7 cm³/mol. The van der Waals surface area contributed by atoms with E-state index in [0.717, 1.165) is 5.56 Å². The van der Waals surface area contributed by atoms with Crippen LogP contribution in [0.15, 0.2) is 42.6 Å². The average molecular weight is 253 g/mol. The van der Waals surface area contributed by atoms with E-state index < -0.39 is 5.97 Å². The van der Waals surface area contributed by atoms with Gasteiger partial charge in [0.1, 0.15) is 11.9 Å². The molecule has 2 rings (SSSR count). The molecule has 0 unspecified atom stereocenters. The SMILES string of the molecule is N#Cc1ccc(NCc2cccc(C(=O)O)c2)nc1. The fraction of sp³-hybridized carbons (Fsp3) is 0.0714. The lowest BCUT2D eigenvalue weighted by atomic mass is 10.1. The number of carboxylic acids is 1. The second-order valence-electron chi connectivity index (χ2n) is 3.90. The second-order valence-corrected chi connectivity index (χ2v) is 3.90. The zero-order valence-corrected chi connectivity index (χ0v) is 10.00. The Bertz CT molecular complexity index is 630. The van der Waals surface area contributed by atoms with Gasteiger partial charge in [0.25, 0.3) is 0 Å². The second kappa shape index (κ2) is 5.65. The van der Waals surface area contributed by atoms with Gasteiger partial charge in [0, 0.05) is 12.7 Å². The third kappa shape index (κ3) is 3.30. The van der Waals surface area contributed by atoms with E-state index >= 15 is 0 Å². The number of pyridine rings is 1. The van der Waals surface area contributed by atoms with E-state index in [1.165, 1.54) is 6.20 Å². The summed E-state index contributed by atoms with van der Waals surface area (Å²) in [6, 6.07) is 12.1. The molecular weight excluding hydrogens is 242 g/mol. The molecule has 1 aromatic heterocycles. The number of nitriles is 1. The maximum absolute atomic E-state index is 10.8. The van der Waals surface area contributed by atoms with E-state index in [-0.39, 0.29) is 5.56 Å². The molecule has 0 saturated heterocycles. The standard InChI is InChI=1S/C14H11N3O2/c15-7-11-4-5-13(17-9-11)16-8-10-2-1-3-12(6-10)14(18)19/h1-6,9H,8H2,(H,16,17)(H,18,19). The first kappa shape index (κ1) is 12.6. The van der Waals surface area contributed by atoms with E-state index in [0.29, 0.717) is 17.9 Å². The maximum atomic E-state index is 10.8. The summed E-state index contributed by atoms with van der Waals surface area (Å²) in [5.41, 5.74) is 1.61. The molecule has 1 heterocycles. The van der Waals surface area contributed by atoms with Crippen LogP contribution in [0.5, 0.6) is 0 Å². The smallest absolute Gasteiger partial charge is 0.335 e. The highest BCUT2D eigenvalue weighted by atomic mass is 16.4. The van der Waals surface area contributed by atoms with Gasteiger partial charge in [-0.2, -0.15) is 5.26 Å². The zero-order chi connectivity index (χ0) is 13.7. The van der Waals surface area contributed by atoms with Crippen molar-refractivity contribution in [3.63, 3.8) is 0 Å². The number of hydrogen-bond donors (Lipinski definition) is 2. The monoisotopic (exact) mass is 253 g/mol. The van der Waals surface area contributed by atoms with Crippen molar-refractivity contribution in [2.24, 2.45) is 0 Å². The molecule has 2 N–H and O–H groups in total. The molecule has 0 aliphatic carbocycles. The lowest BCUT2D eigenvalue weighted by Crippen LogP contribution is -2.03. The van der Waals surface area contributed by atoms with E-state index in [4.69, 9.17) is 10.4 Å². The van der Waals surface area contributed by atoms with Crippen molar-refractivity contribution in [1.82, 2.24) is 4.98 Å². The summed E-state index contributed by atoms with van der Waals surface area (Å²) in [6.07, 6.45) is 1.48. The number of hydrogen-bond acceptors (Lipinski definition) is 4. The molecule has 0 atom stereocenters. The summed E-state index contributed by atoms with van der Waals surface area (Å²) < 4.78 is 0. The molecule has 2 aromatic rings. The first-order valence-corrected chi connectivity index (χ1v) is 5.61. The van der Waals surface area contributed by atoms with Crippen molar-refractivity contribution < 1.29 is 9.90 Å². The molecule has 0 spiro atoms. The number of benzene rings is 1. The molecule has 0 fully saturated rings. The van der Waals surface area contributed by atoms with Crippen LogP contribution in [-0.2, 0) is 6.54 Å². The van der Waals surface area contributed by atoms with Crippen LogP contribution in [0.3, 0.4) is 0 Å². The molecule has 94 valence electrons. The molecule has 5 heteroatoms. The van der Waals surface area contributed by atoms with Gasteiger partial charge in [-0.15, -0.1) is 0 Å². The topological polar surface area (TPSA) is 86.0 Å². The number of nitrogens with one attached hydrogen (secondary N) is 1. The zero-order valence-electron chi connectivity index (χ0n) is 10.00. The molecule has 19 heavy (non-hydrogen) atoms. The van der Waals surface area contributed by atoms with Gasteiger partial charge in [0.15, 0.2) is 0 Å². The first-order valence-electron chi connectivity index (χ1n) is 5.61. The molecule has 0 saturated carbocycles. The van der Waals surface area contributed by atoms with Crippen molar-refractivity contribution in [3.8, 4) is 6.07 Å². The van der Waals surface area contributed by atoms with Crippen LogP contribution < -0.4 is 5.32 Å². The van der Waals surface area contributed by atoms with Gasteiger partial charge >= 0.3 is 5.97 Å². The average Bonchev–Trinajstić information content (AvgIpc) is 2.46. The number of aromatic carboxylic acids is 1. The van der Waals surface area contributed by atoms with Gasteiger partial charge in [-0.25, -0.2) is 9.78 Å². The number of carbonyl (C=O) groups is 1. The van der Waals surface area contributed by atoms with Crippen LogP contribution in [0.1, 0.15) is 21.5 Å². The molecule has 0 amide bonds.